The molecule has 0 radical (unpaired) electrons. The molecule has 0 aliphatic heterocycles. The summed E-state index contributed by atoms with van der Waals surface area (Å²) in [6.07, 6.45) is 0. The Morgan fingerprint density at radius 3 is 3.08 bits per heavy atom. The van der Waals surface area contributed by atoms with Crippen LogP contribution in [-0.2, 0) is 0 Å². The maximum Gasteiger partial charge on any atom is 0.218 e. The number of benzene rings is 1. The first kappa shape index (κ1) is 7.30. The van der Waals surface area contributed by atoms with E-state index >= 15 is 0 Å². The largest absolute Gasteiger partial charge is 0.337 e. The van der Waals surface area contributed by atoms with Crippen LogP contribution in [0.3, 0.4) is 0 Å². The Balaban J connectivity index is 2.82. The van der Waals surface area contributed by atoms with Gasteiger partial charge in [0.2, 0.25) is 5.12 Å². The molecule has 12 heavy (non-hydrogen) atoms. The van der Waals surface area contributed by atoms with Crippen LogP contribution in [0.15, 0.2) is 22.7 Å². The van der Waals surface area contributed by atoms with E-state index in [1.807, 2.05) is 0 Å². The number of carbonyl (C=O) groups is 1. The molecule has 0 bridgehead atoms. The zero-order valence-corrected chi connectivity index (χ0v) is 6.78. The van der Waals surface area contributed by atoms with Gasteiger partial charge in [-0.25, -0.2) is 0 Å². The highest BCUT2D eigenvalue weighted by Crippen LogP contribution is 2.16. The Labute approximate surface area is 72.9 Å². The molecule has 0 atom stereocenters. The molecule has 0 unspecified atom stereocenters. The van der Waals surface area contributed by atoms with Crippen molar-refractivity contribution in [1.82, 2.24) is 10.4 Å². The minimum Gasteiger partial charge on any atom is -0.337 e. The van der Waals surface area contributed by atoms with Crippen LogP contribution in [0.2, 0.25) is 0 Å². The lowest BCUT2D eigenvalue weighted by Gasteiger charge is -1.91. The summed E-state index contributed by atoms with van der Waals surface area (Å²) >= 11 is 3.69. The second-order valence-electron chi connectivity index (χ2n) is 2.23. The number of fused-ring (bicyclic) bond motifs is 1. The van der Waals surface area contributed by atoms with Gasteiger partial charge >= 0.3 is 0 Å². The number of rotatable bonds is 1. The zero-order valence-electron chi connectivity index (χ0n) is 5.89. The van der Waals surface area contributed by atoms with E-state index in [1.165, 1.54) is 0 Å². The second-order valence-corrected chi connectivity index (χ2v) is 2.64. The van der Waals surface area contributed by atoms with Crippen LogP contribution in [0, 0.1) is 0 Å². The molecule has 0 fully saturated rings. The van der Waals surface area contributed by atoms with Crippen LogP contribution in [0.5, 0.6) is 0 Å². The minimum atomic E-state index is -0.337. The molecule has 0 saturated carbocycles. The van der Waals surface area contributed by atoms with E-state index in [9.17, 15) is 4.79 Å². The van der Waals surface area contributed by atoms with Gasteiger partial charge < -0.3 is 4.52 Å². The second kappa shape index (κ2) is 2.60. The quantitative estimate of drug-likeness (QED) is 0.672. The highest BCUT2D eigenvalue weighted by Gasteiger charge is 2.09. The van der Waals surface area contributed by atoms with Gasteiger partial charge in [0.05, 0.1) is 5.56 Å². The fraction of sp³-hybridized carbons (Fsp3) is 0. The maximum atomic E-state index is 10.9. The molecule has 1 aromatic carbocycles. The average Bonchev–Trinajstić information content (AvgIpc) is 2.49. The summed E-state index contributed by atoms with van der Waals surface area (Å²) in [5, 5.41) is 6.65. The van der Waals surface area contributed by atoms with Gasteiger partial charge in [-0.1, -0.05) is 6.07 Å². The van der Waals surface area contributed by atoms with Crippen molar-refractivity contribution in [3.8, 4) is 0 Å². The summed E-state index contributed by atoms with van der Waals surface area (Å²) in [6.45, 7) is 0. The van der Waals surface area contributed by atoms with Gasteiger partial charge in [0.15, 0.2) is 5.58 Å². The summed E-state index contributed by atoms with van der Waals surface area (Å²) in [6, 6.07) is 5.01. The summed E-state index contributed by atoms with van der Waals surface area (Å²) < 4.78 is 4.76. The lowest BCUT2D eigenvalue weighted by molar-refractivity contribution is 0.109. The van der Waals surface area contributed by atoms with E-state index in [4.69, 9.17) is 4.52 Å². The van der Waals surface area contributed by atoms with Gasteiger partial charge in [-0.05, 0) is 12.1 Å². The van der Waals surface area contributed by atoms with Crippen molar-refractivity contribution in [3.05, 3.63) is 23.8 Å². The van der Waals surface area contributed by atoms with Crippen molar-refractivity contribution in [2.45, 2.75) is 0 Å². The monoisotopic (exact) mass is 180 g/mol. The zero-order chi connectivity index (χ0) is 8.55. The first-order valence-corrected chi connectivity index (χ1v) is 3.68. The van der Waals surface area contributed by atoms with Crippen LogP contribution < -0.4 is 0 Å². The van der Waals surface area contributed by atoms with E-state index in [0.29, 0.717) is 16.7 Å². The number of thiol groups is 1. The molecule has 0 N–H and O–H groups in total. The van der Waals surface area contributed by atoms with E-state index in [0.717, 1.165) is 0 Å². The Morgan fingerprint density at radius 1 is 1.50 bits per heavy atom. The summed E-state index contributed by atoms with van der Waals surface area (Å²) in [5.41, 5.74) is 1.37. The van der Waals surface area contributed by atoms with Gasteiger partial charge in [0.1, 0.15) is 5.52 Å². The molecule has 0 amide bonds. The Kier molecular flexibility index (Phi) is 1.58. The molecule has 1 heterocycles. The van der Waals surface area contributed by atoms with Gasteiger partial charge in [-0.15, -0.1) is 17.7 Å². The summed E-state index contributed by atoms with van der Waals surface area (Å²) in [4.78, 5) is 10.9. The summed E-state index contributed by atoms with van der Waals surface area (Å²) in [5.74, 6) is 0. The van der Waals surface area contributed by atoms with Crippen LogP contribution in [0.25, 0.3) is 11.1 Å². The van der Waals surface area contributed by atoms with Crippen molar-refractivity contribution in [1.29, 1.82) is 0 Å². The third-order valence-corrected chi connectivity index (χ3v) is 1.75. The molecule has 60 valence electrons. The van der Waals surface area contributed by atoms with Crippen LogP contribution in [-0.4, -0.2) is 15.5 Å². The highest BCUT2D eigenvalue weighted by atomic mass is 32.1. The fourth-order valence-electron chi connectivity index (χ4n) is 0.977. The molecule has 2 aromatic rings. The summed E-state index contributed by atoms with van der Waals surface area (Å²) in [7, 11) is 0. The molecular formula is C7H4N2O2S. The third-order valence-electron chi connectivity index (χ3n) is 1.51. The Morgan fingerprint density at radius 2 is 2.33 bits per heavy atom. The van der Waals surface area contributed by atoms with Crippen molar-refractivity contribution in [2.24, 2.45) is 0 Å². The van der Waals surface area contributed by atoms with Gasteiger partial charge in [0, 0.05) is 5.27 Å². The first-order chi connectivity index (χ1) is 5.79. The molecule has 2 rings (SSSR count). The fourth-order valence-corrected chi connectivity index (χ4v) is 1.16. The Hall–Kier alpha value is -1.36. The molecule has 0 aliphatic carbocycles. The standard InChI is InChI=1S/C7H4N2O2S/c10-7(12)4-2-1-3-5-6(4)8-9-11-5/h1-3H,(H,10,12). The number of hydrogen-bond donors (Lipinski definition) is 1. The van der Waals surface area contributed by atoms with Crippen LogP contribution in [0.1, 0.15) is 10.4 Å². The minimum absolute atomic E-state index is 0.337. The number of nitrogens with zero attached hydrogens (tertiary/aromatic N) is 2. The molecule has 0 aliphatic rings. The van der Waals surface area contributed by atoms with Crippen molar-refractivity contribution >= 4 is 28.8 Å². The van der Waals surface area contributed by atoms with Crippen LogP contribution in [0.4, 0.5) is 0 Å². The van der Waals surface area contributed by atoms with Gasteiger partial charge in [-0.2, -0.15) is 0 Å². The van der Waals surface area contributed by atoms with E-state index in [-0.39, 0.29) is 5.12 Å². The predicted octanol–water partition coefficient (Wildman–Crippen LogP) is 1.29. The molecule has 0 spiro atoms. The number of hydrogen-bond acceptors (Lipinski definition) is 4. The van der Waals surface area contributed by atoms with Gasteiger partial charge in [-0.3, -0.25) is 4.79 Å². The average molecular weight is 180 g/mol. The normalized spacial score (nSPS) is 10.4. The highest BCUT2D eigenvalue weighted by molar-refractivity contribution is 7.97. The van der Waals surface area contributed by atoms with E-state index in [1.54, 1.807) is 18.2 Å². The number of aromatic nitrogens is 2. The smallest absolute Gasteiger partial charge is 0.218 e. The van der Waals surface area contributed by atoms with E-state index < -0.39 is 0 Å². The van der Waals surface area contributed by atoms with Gasteiger partial charge in [0.25, 0.3) is 0 Å². The molecule has 1 aromatic heterocycles. The predicted molar refractivity (Wildman–Crippen MR) is 45.1 cm³/mol. The van der Waals surface area contributed by atoms with Crippen molar-refractivity contribution < 1.29 is 9.32 Å². The lowest BCUT2D eigenvalue weighted by atomic mass is 10.2. The lowest BCUT2D eigenvalue weighted by Crippen LogP contribution is -1.89. The van der Waals surface area contributed by atoms with E-state index in [2.05, 4.69) is 23.0 Å². The first-order valence-electron chi connectivity index (χ1n) is 3.23. The molecular weight excluding hydrogens is 176 g/mol. The number of carbonyl (C=O) groups excluding carboxylic acids is 1. The van der Waals surface area contributed by atoms with Crippen molar-refractivity contribution in [2.75, 3.05) is 0 Å². The molecule has 4 nitrogen and oxygen atoms in total. The third kappa shape index (κ3) is 0.984. The van der Waals surface area contributed by atoms with Crippen molar-refractivity contribution in [3.63, 3.8) is 0 Å². The maximum absolute atomic E-state index is 10.9. The Bertz CT molecular complexity index is 438. The van der Waals surface area contributed by atoms with Crippen LogP contribution >= 0.6 is 12.6 Å². The topological polar surface area (TPSA) is 56.0 Å². The SMILES string of the molecule is O=C(S)c1cccc2onnc12. The molecule has 5 heteroatoms. The molecule has 0 saturated heterocycles.